The van der Waals surface area contributed by atoms with Gasteiger partial charge in [-0.3, -0.25) is 10.1 Å². The van der Waals surface area contributed by atoms with E-state index in [-0.39, 0.29) is 11.8 Å². The van der Waals surface area contributed by atoms with E-state index in [1.54, 1.807) is 0 Å². The van der Waals surface area contributed by atoms with Crippen molar-refractivity contribution in [3.8, 4) is 0 Å². The minimum Gasteiger partial charge on any atom is -0.369 e. The van der Waals surface area contributed by atoms with Crippen molar-refractivity contribution >= 4 is 40.8 Å². The number of thiocarbonyl (C=S) groups is 1. The molecule has 2 heterocycles. The molecular formula is C22H29N7OS. The van der Waals surface area contributed by atoms with E-state index in [0.29, 0.717) is 43.0 Å². The van der Waals surface area contributed by atoms with Gasteiger partial charge in [0, 0.05) is 36.1 Å². The normalized spacial score (nSPS) is 15.0. The summed E-state index contributed by atoms with van der Waals surface area (Å²) < 4.78 is 0. The van der Waals surface area contributed by atoms with Crippen LogP contribution < -0.4 is 16.4 Å². The summed E-state index contributed by atoms with van der Waals surface area (Å²) in [4.78, 5) is 27.2. The Morgan fingerprint density at radius 2 is 1.77 bits per heavy atom. The molecule has 31 heavy (non-hydrogen) atoms. The van der Waals surface area contributed by atoms with Crippen LogP contribution in [0.1, 0.15) is 35.4 Å². The molecule has 2 aromatic rings. The van der Waals surface area contributed by atoms with Gasteiger partial charge < -0.3 is 16.0 Å². The van der Waals surface area contributed by atoms with Gasteiger partial charge in [-0.15, -0.1) is 0 Å². The van der Waals surface area contributed by atoms with E-state index in [4.69, 9.17) is 18.0 Å². The van der Waals surface area contributed by atoms with E-state index in [1.807, 2.05) is 39.0 Å². The van der Waals surface area contributed by atoms with Crippen LogP contribution in [0.2, 0.25) is 0 Å². The number of amides is 1. The van der Waals surface area contributed by atoms with E-state index in [1.165, 1.54) is 5.56 Å². The van der Waals surface area contributed by atoms with Crippen LogP contribution >= 0.6 is 12.2 Å². The molecule has 0 atom stereocenters. The van der Waals surface area contributed by atoms with Crippen LogP contribution in [0.5, 0.6) is 0 Å². The quantitative estimate of drug-likeness (QED) is 0.383. The number of nitrogens with zero attached hydrogens (tertiary/aromatic N) is 4. The number of piperidine rings is 1. The number of benzene rings is 1. The van der Waals surface area contributed by atoms with Crippen molar-refractivity contribution in [2.24, 2.45) is 16.6 Å². The van der Waals surface area contributed by atoms with E-state index in [0.717, 1.165) is 22.6 Å². The van der Waals surface area contributed by atoms with Crippen molar-refractivity contribution in [1.29, 1.82) is 0 Å². The lowest BCUT2D eigenvalue weighted by Crippen LogP contribution is -2.45. The minimum absolute atomic E-state index is 0.116. The third-order valence-corrected chi connectivity index (χ3v) is 5.65. The maximum atomic E-state index is 11.5. The van der Waals surface area contributed by atoms with E-state index in [2.05, 4.69) is 43.5 Å². The van der Waals surface area contributed by atoms with Gasteiger partial charge in [0.1, 0.15) is 0 Å². The summed E-state index contributed by atoms with van der Waals surface area (Å²) in [5.41, 5.74) is 10.4. The standard InChI is InChI=1S/C22H29N7OS/c1-13-6-5-7-18(16(13)4)26-22(31)28-21(27-20-24-14(2)12-15(3)25-20)29-10-8-17(9-11-29)19(23)30/h5-7,12,17H,8-11H2,1-4H3,(H2,23,30)(H2,24,25,26,27,28,31). The molecule has 0 radical (unpaired) electrons. The second-order valence-corrected chi connectivity index (χ2v) is 8.26. The summed E-state index contributed by atoms with van der Waals surface area (Å²) in [6.07, 6.45) is 1.34. The Hall–Kier alpha value is -3.07. The number of hydrogen-bond donors (Lipinski definition) is 3. The third kappa shape index (κ3) is 5.97. The molecule has 1 aromatic carbocycles. The Bertz CT molecular complexity index is 993. The maximum absolute atomic E-state index is 11.5. The number of nitrogens with two attached hydrogens (primary N) is 1. The van der Waals surface area contributed by atoms with Crippen molar-refractivity contribution in [3.05, 3.63) is 46.8 Å². The fraction of sp³-hybridized carbons (Fsp3) is 0.409. The van der Waals surface area contributed by atoms with Crippen LogP contribution in [0.25, 0.3) is 0 Å². The average Bonchev–Trinajstić information content (AvgIpc) is 2.70. The van der Waals surface area contributed by atoms with Crippen molar-refractivity contribution < 1.29 is 4.79 Å². The van der Waals surface area contributed by atoms with Crippen LogP contribution in [-0.2, 0) is 4.79 Å². The Balaban J connectivity index is 1.84. The number of nitrogens with one attached hydrogen (secondary N) is 2. The van der Waals surface area contributed by atoms with Gasteiger partial charge in [0.15, 0.2) is 0 Å². The largest absolute Gasteiger partial charge is 0.369 e. The number of primary amides is 1. The van der Waals surface area contributed by atoms with E-state index in [9.17, 15) is 4.79 Å². The predicted octanol–water partition coefficient (Wildman–Crippen LogP) is 3.07. The van der Waals surface area contributed by atoms with Crippen molar-refractivity contribution in [2.45, 2.75) is 40.5 Å². The average molecular weight is 440 g/mol. The van der Waals surface area contributed by atoms with Gasteiger partial charge in [-0.05, 0) is 76.0 Å². The number of aromatic nitrogens is 2. The summed E-state index contributed by atoms with van der Waals surface area (Å²) in [6.45, 7) is 9.21. The number of aliphatic imine (C=N–C) groups is 1. The number of carbonyl (C=O) groups excluding carboxylic acids is 1. The maximum Gasteiger partial charge on any atom is 0.229 e. The number of guanidine groups is 1. The monoisotopic (exact) mass is 439 g/mol. The Kier molecular flexibility index (Phi) is 7.17. The smallest absolute Gasteiger partial charge is 0.229 e. The fourth-order valence-corrected chi connectivity index (χ4v) is 3.76. The van der Waals surface area contributed by atoms with Crippen molar-refractivity contribution in [2.75, 3.05) is 23.7 Å². The Labute approximate surface area is 188 Å². The summed E-state index contributed by atoms with van der Waals surface area (Å²) >= 11 is 5.54. The summed E-state index contributed by atoms with van der Waals surface area (Å²) in [5, 5.41) is 6.78. The number of likely N-dealkylation sites (tertiary alicyclic amines) is 1. The summed E-state index contributed by atoms with van der Waals surface area (Å²) in [6, 6.07) is 7.92. The molecule has 0 spiro atoms. The third-order valence-electron chi connectivity index (χ3n) is 5.46. The first kappa shape index (κ1) is 22.6. The molecule has 164 valence electrons. The van der Waals surface area contributed by atoms with Crippen LogP contribution in [0.3, 0.4) is 0 Å². The molecule has 1 aliphatic rings. The molecule has 1 fully saturated rings. The van der Waals surface area contributed by atoms with Crippen molar-refractivity contribution in [1.82, 2.24) is 14.9 Å². The van der Waals surface area contributed by atoms with Gasteiger partial charge >= 0.3 is 0 Å². The number of hydrogen-bond acceptors (Lipinski definition) is 4. The van der Waals surface area contributed by atoms with Crippen molar-refractivity contribution in [3.63, 3.8) is 0 Å². The predicted molar refractivity (Wildman–Crippen MR) is 128 cm³/mol. The lowest BCUT2D eigenvalue weighted by Gasteiger charge is -2.32. The molecule has 0 saturated carbocycles. The molecule has 4 N–H and O–H groups in total. The highest BCUT2D eigenvalue weighted by Crippen LogP contribution is 2.20. The molecular weight excluding hydrogens is 410 g/mol. The number of anilines is 2. The van der Waals surface area contributed by atoms with Gasteiger partial charge in [0.25, 0.3) is 0 Å². The van der Waals surface area contributed by atoms with Crippen LogP contribution in [-0.4, -0.2) is 44.9 Å². The van der Waals surface area contributed by atoms with Gasteiger partial charge in [-0.1, -0.05) is 12.1 Å². The number of carbonyl (C=O) groups is 1. The van der Waals surface area contributed by atoms with Gasteiger partial charge in [-0.25, -0.2) is 9.97 Å². The first-order valence-corrected chi connectivity index (χ1v) is 10.7. The minimum atomic E-state index is -0.254. The lowest BCUT2D eigenvalue weighted by molar-refractivity contribution is -0.122. The highest BCUT2D eigenvalue weighted by atomic mass is 32.1. The Morgan fingerprint density at radius 3 is 2.39 bits per heavy atom. The second-order valence-electron chi connectivity index (χ2n) is 7.88. The molecule has 9 heteroatoms. The molecule has 1 saturated heterocycles. The molecule has 3 rings (SSSR count). The topological polar surface area (TPSA) is 109 Å². The molecule has 0 bridgehead atoms. The molecule has 1 aromatic heterocycles. The first-order chi connectivity index (χ1) is 14.7. The summed E-state index contributed by atoms with van der Waals surface area (Å²) in [7, 11) is 0. The summed E-state index contributed by atoms with van der Waals surface area (Å²) in [5.74, 6) is 0.643. The number of aryl methyl sites for hydroxylation is 3. The van der Waals surface area contributed by atoms with E-state index < -0.39 is 0 Å². The molecule has 1 amide bonds. The Morgan fingerprint density at radius 1 is 1.13 bits per heavy atom. The molecule has 0 aliphatic carbocycles. The lowest BCUT2D eigenvalue weighted by atomic mass is 9.96. The van der Waals surface area contributed by atoms with Gasteiger partial charge in [0.2, 0.25) is 22.9 Å². The SMILES string of the molecule is Cc1cc(C)nc(N/C(=N/C(=S)Nc2cccc(C)c2C)N2CCC(C(N)=O)CC2)n1. The fourth-order valence-electron chi connectivity index (χ4n) is 3.56. The molecule has 8 nitrogen and oxygen atoms in total. The van der Waals surface area contributed by atoms with Crippen LogP contribution in [0.15, 0.2) is 29.3 Å². The van der Waals surface area contributed by atoms with Gasteiger partial charge in [0.05, 0.1) is 0 Å². The zero-order chi connectivity index (χ0) is 22.5. The highest BCUT2D eigenvalue weighted by Gasteiger charge is 2.26. The zero-order valence-electron chi connectivity index (χ0n) is 18.4. The molecule has 0 unspecified atom stereocenters. The van der Waals surface area contributed by atoms with E-state index >= 15 is 0 Å². The zero-order valence-corrected chi connectivity index (χ0v) is 19.2. The first-order valence-electron chi connectivity index (χ1n) is 10.3. The second kappa shape index (κ2) is 9.82. The molecule has 1 aliphatic heterocycles. The highest BCUT2D eigenvalue weighted by molar-refractivity contribution is 7.80. The van der Waals surface area contributed by atoms with Crippen LogP contribution in [0.4, 0.5) is 11.6 Å². The van der Waals surface area contributed by atoms with Gasteiger partial charge in [-0.2, -0.15) is 4.99 Å². The van der Waals surface area contributed by atoms with Crippen LogP contribution in [0, 0.1) is 33.6 Å². The number of rotatable bonds is 3.